The van der Waals surface area contributed by atoms with Crippen LogP contribution in [0.25, 0.3) is 0 Å². The Labute approximate surface area is 193 Å². The van der Waals surface area contributed by atoms with Gasteiger partial charge in [0.05, 0.1) is 18.4 Å². The van der Waals surface area contributed by atoms with Crippen LogP contribution in [0.4, 0.5) is 21.4 Å². The predicted molar refractivity (Wildman–Crippen MR) is 121 cm³/mol. The summed E-state index contributed by atoms with van der Waals surface area (Å²) >= 11 is 0. The monoisotopic (exact) mass is 467 g/mol. The maximum absolute atomic E-state index is 12.8. The van der Waals surface area contributed by atoms with Crippen molar-refractivity contribution in [3.8, 4) is 0 Å². The third-order valence-corrected chi connectivity index (χ3v) is 3.51. The van der Waals surface area contributed by atoms with Crippen molar-refractivity contribution in [2.75, 3.05) is 23.4 Å². The lowest BCUT2D eigenvalue weighted by molar-refractivity contribution is -0.143. The second-order valence-corrected chi connectivity index (χ2v) is 8.85. The smallest absolute Gasteiger partial charge is 0.427 e. The molecule has 2 N–H and O–H groups in total. The van der Waals surface area contributed by atoms with Crippen LogP contribution in [0.2, 0.25) is 0 Å². The molecule has 0 radical (unpaired) electrons. The minimum absolute atomic E-state index is 0.166. The number of nitrogens with zero attached hydrogens (tertiary/aromatic N) is 4. The Balaban J connectivity index is 3.23. The molecule has 0 saturated heterocycles. The van der Waals surface area contributed by atoms with Crippen molar-refractivity contribution < 1.29 is 33.8 Å². The predicted octanol–water partition coefficient (Wildman–Crippen LogP) is 3.72. The fraction of sp³-hybridized carbons (Fsp3) is 0.619. The van der Waals surface area contributed by atoms with Crippen LogP contribution >= 0.6 is 0 Å². The highest BCUT2D eigenvalue weighted by molar-refractivity contribution is 6.08. The van der Waals surface area contributed by atoms with Gasteiger partial charge < -0.3 is 24.7 Å². The van der Waals surface area contributed by atoms with Gasteiger partial charge in [-0.25, -0.2) is 14.6 Å². The molecule has 2 amide bonds. The van der Waals surface area contributed by atoms with Crippen molar-refractivity contribution in [1.29, 1.82) is 0 Å². The highest BCUT2D eigenvalue weighted by Gasteiger charge is 2.35. The molecule has 184 valence electrons. The van der Waals surface area contributed by atoms with Gasteiger partial charge >= 0.3 is 18.2 Å². The maximum atomic E-state index is 12.8. The number of carbonyl (C=O) groups is 3. The molecule has 0 aromatic carbocycles. The fourth-order valence-corrected chi connectivity index (χ4v) is 2.31. The van der Waals surface area contributed by atoms with Crippen LogP contribution in [0.1, 0.15) is 66.9 Å². The van der Waals surface area contributed by atoms with Gasteiger partial charge in [0, 0.05) is 19.2 Å². The van der Waals surface area contributed by atoms with Crippen molar-refractivity contribution in [3.05, 3.63) is 11.8 Å². The number of hydrogen-bond acceptors (Lipinski definition) is 11. The molecular weight excluding hydrogens is 434 g/mol. The van der Waals surface area contributed by atoms with E-state index >= 15 is 0 Å². The summed E-state index contributed by atoms with van der Waals surface area (Å²) in [6.45, 7) is 12.2. The number of carbonyl (C=O) groups excluding carboxylic acids is 3. The Morgan fingerprint density at radius 2 is 1.70 bits per heavy atom. The summed E-state index contributed by atoms with van der Waals surface area (Å²) in [7, 11) is 0. The molecular formula is C21H33N5O7. The number of aromatic nitrogens is 2. The lowest BCUT2D eigenvalue weighted by Crippen LogP contribution is -2.44. The molecule has 1 aromatic heterocycles. The lowest BCUT2D eigenvalue weighted by atomic mass is 10.2. The number of oxime groups is 1. The Bertz CT molecular complexity index is 832. The Morgan fingerprint density at radius 3 is 2.18 bits per heavy atom. The number of hydrogen-bond donors (Lipinski definition) is 2. The summed E-state index contributed by atoms with van der Waals surface area (Å²) in [6, 6.07) is 0. The summed E-state index contributed by atoms with van der Waals surface area (Å²) in [6.07, 6.45) is 0.919. The summed E-state index contributed by atoms with van der Waals surface area (Å²) < 4.78 is 15.5. The SMILES string of the molecule is CCOC(=O)CCCNc1nc(N(C(=O)OC(C)(C)C)C(=O)OC(C)(C)C)ncc1/C=N/O. The van der Waals surface area contributed by atoms with Crippen LogP contribution in [0, 0.1) is 0 Å². The van der Waals surface area contributed by atoms with Gasteiger partial charge in [0.15, 0.2) is 0 Å². The minimum atomic E-state index is -1.02. The zero-order valence-corrected chi connectivity index (χ0v) is 20.2. The second-order valence-electron chi connectivity index (χ2n) is 8.85. The van der Waals surface area contributed by atoms with E-state index in [0.29, 0.717) is 24.5 Å². The van der Waals surface area contributed by atoms with E-state index in [9.17, 15) is 14.4 Å². The zero-order chi connectivity index (χ0) is 25.2. The highest BCUT2D eigenvalue weighted by atomic mass is 16.6. The zero-order valence-electron chi connectivity index (χ0n) is 20.2. The van der Waals surface area contributed by atoms with Gasteiger partial charge in [-0.05, 0) is 54.9 Å². The van der Waals surface area contributed by atoms with Crippen LogP contribution in [0.15, 0.2) is 11.4 Å². The normalized spacial score (nSPS) is 11.7. The van der Waals surface area contributed by atoms with Crippen molar-refractivity contribution in [2.24, 2.45) is 5.16 Å². The molecule has 1 heterocycles. The van der Waals surface area contributed by atoms with Crippen molar-refractivity contribution in [3.63, 3.8) is 0 Å². The van der Waals surface area contributed by atoms with Gasteiger partial charge in [0.2, 0.25) is 5.95 Å². The van der Waals surface area contributed by atoms with Crippen LogP contribution in [-0.2, 0) is 19.0 Å². The number of esters is 1. The van der Waals surface area contributed by atoms with Crippen LogP contribution in [0.5, 0.6) is 0 Å². The van der Waals surface area contributed by atoms with Gasteiger partial charge in [0.1, 0.15) is 17.0 Å². The van der Waals surface area contributed by atoms with Crippen LogP contribution < -0.4 is 10.2 Å². The summed E-state index contributed by atoms with van der Waals surface area (Å²) in [5, 5.41) is 14.9. The number of amides is 2. The van der Waals surface area contributed by atoms with Crippen LogP contribution in [-0.4, -0.2) is 63.9 Å². The summed E-state index contributed by atoms with van der Waals surface area (Å²) in [4.78, 5) is 45.9. The average Bonchev–Trinajstić information content (AvgIpc) is 2.64. The molecule has 12 nitrogen and oxygen atoms in total. The van der Waals surface area contributed by atoms with E-state index in [-0.39, 0.29) is 29.7 Å². The molecule has 0 bridgehead atoms. The first-order valence-electron chi connectivity index (χ1n) is 10.5. The molecule has 12 heteroatoms. The molecule has 33 heavy (non-hydrogen) atoms. The molecule has 0 saturated carbocycles. The van der Waals surface area contributed by atoms with Gasteiger partial charge in [-0.2, -0.15) is 4.98 Å². The first-order chi connectivity index (χ1) is 15.3. The molecule has 0 unspecified atom stereocenters. The third-order valence-electron chi connectivity index (χ3n) is 3.51. The lowest BCUT2D eigenvalue weighted by Gasteiger charge is -2.27. The first kappa shape index (κ1) is 27.6. The summed E-state index contributed by atoms with van der Waals surface area (Å²) in [5.74, 6) is -0.471. The molecule has 0 atom stereocenters. The average molecular weight is 468 g/mol. The number of nitrogens with one attached hydrogen (secondary N) is 1. The van der Waals surface area contributed by atoms with Gasteiger partial charge in [-0.1, -0.05) is 5.16 Å². The van der Waals surface area contributed by atoms with E-state index in [1.807, 2.05) is 0 Å². The maximum Gasteiger partial charge on any atom is 0.427 e. The Morgan fingerprint density at radius 1 is 1.12 bits per heavy atom. The summed E-state index contributed by atoms with van der Waals surface area (Å²) in [5.41, 5.74) is -1.50. The molecule has 0 aliphatic carbocycles. The Kier molecular flexibility index (Phi) is 10.0. The van der Waals surface area contributed by atoms with E-state index in [1.54, 1.807) is 48.5 Å². The van der Waals surface area contributed by atoms with Crippen molar-refractivity contribution >= 4 is 36.1 Å². The number of imide groups is 1. The molecule has 1 rings (SSSR count). The third kappa shape index (κ3) is 10.1. The largest absolute Gasteiger partial charge is 0.466 e. The highest BCUT2D eigenvalue weighted by Crippen LogP contribution is 2.21. The minimum Gasteiger partial charge on any atom is -0.466 e. The van der Waals surface area contributed by atoms with E-state index in [1.165, 1.54) is 6.20 Å². The van der Waals surface area contributed by atoms with Crippen molar-refractivity contribution in [1.82, 2.24) is 9.97 Å². The van der Waals surface area contributed by atoms with Gasteiger partial charge in [-0.3, -0.25) is 4.79 Å². The Hall–Kier alpha value is -3.44. The van der Waals surface area contributed by atoms with Gasteiger partial charge in [-0.15, -0.1) is 4.90 Å². The van der Waals surface area contributed by atoms with Crippen LogP contribution in [0.3, 0.4) is 0 Å². The number of rotatable bonds is 8. The fourth-order valence-electron chi connectivity index (χ4n) is 2.31. The molecule has 0 spiro atoms. The van der Waals surface area contributed by atoms with Crippen molar-refractivity contribution in [2.45, 2.75) is 72.5 Å². The van der Waals surface area contributed by atoms with E-state index in [0.717, 1.165) is 6.21 Å². The number of ether oxygens (including phenoxy) is 3. The van der Waals surface area contributed by atoms with E-state index < -0.39 is 23.4 Å². The first-order valence-corrected chi connectivity index (χ1v) is 10.5. The van der Waals surface area contributed by atoms with E-state index in [4.69, 9.17) is 19.4 Å². The standard InChI is InChI=1S/C21H33N5O7/c1-8-31-15(27)10-9-11-22-16-14(13-24-30)12-23-17(25-16)26(18(28)32-20(2,3)4)19(29)33-21(5,6)7/h12-13,30H,8-11H2,1-7H3,(H,22,23,25)/b24-13+. The second kappa shape index (κ2) is 12.0. The topological polar surface area (TPSA) is 153 Å². The molecule has 1 aromatic rings. The number of anilines is 2. The van der Waals surface area contributed by atoms with Gasteiger partial charge in [0.25, 0.3) is 0 Å². The molecule has 0 aliphatic heterocycles. The molecule has 0 fully saturated rings. The molecule has 0 aliphatic rings. The van der Waals surface area contributed by atoms with E-state index in [2.05, 4.69) is 20.4 Å². The quantitative estimate of drug-likeness (QED) is 0.144.